The summed E-state index contributed by atoms with van der Waals surface area (Å²) in [7, 11) is 0. The number of halogens is 2. The van der Waals surface area contributed by atoms with Gasteiger partial charge in [-0.3, -0.25) is 4.79 Å². The van der Waals surface area contributed by atoms with E-state index < -0.39 is 34.9 Å². The maximum atomic E-state index is 13.6. The molecule has 7 rings (SSSR count). The summed E-state index contributed by atoms with van der Waals surface area (Å²) in [6.45, 7) is 0.230. The number of thiophene rings is 1. The fourth-order valence-corrected chi connectivity index (χ4v) is 8.91. The zero-order chi connectivity index (χ0) is 26.0. The molecular weight excluding hydrogens is 500 g/mol. The van der Waals surface area contributed by atoms with Crippen molar-refractivity contribution in [2.24, 2.45) is 23.2 Å². The Labute approximate surface area is 218 Å². The Balaban J connectivity index is 1.25. The van der Waals surface area contributed by atoms with Crippen molar-refractivity contribution >= 4 is 33.3 Å². The molecule has 1 aromatic heterocycles. The van der Waals surface area contributed by atoms with Crippen molar-refractivity contribution in [3.05, 3.63) is 29.1 Å². The normalized spacial score (nSPS) is 33.4. The Hall–Kier alpha value is -2.26. The maximum absolute atomic E-state index is 13.6. The standard InChI is InChI=1S/C28H33F2NO5S/c29-28(30)6-3-16(4-7-28)14-36-22-19-5-8-37-21(19)2-1-20(22)24(32)31-23(25(33)34)26-10-17-9-18(11-26)13-27(35,12-17)15-26/h1-2,5,8,16-18,23,35H,3-4,6-7,9-15H2,(H,31,32)(H,33,34). The van der Waals surface area contributed by atoms with Crippen LogP contribution in [0.25, 0.3) is 10.1 Å². The van der Waals surface area contributed by atoms with Crippen LogP contribution in [0.2, 0.25) is 0 Å². The van der Waals surface area contributed by atoms with Crippen molar-refractivity contribution in [1.29, 1.82) is 0 Å². The van der Waals surface area contributed by atoms with Crippen molar-refractivity contribution < 1.29 is 33.3 Å². The molecule has 1 heterocycles. The van der Waals surface area contributed by atoms with Crippen LogP contribution in [-0.2, 0) is 4.79 Å². The number of alkyl halides is 2. The number of ether oxygens (including phenoxy) is 1. The van der Waals surface area contributed by atoms with E-state index in [1.807, 2.05) is 17.5 Å². The number of aliphatic hydroxyl groups is 1. The SMILES string of the molecule is O=C(NC(C(=O)O)C12CC3CC(CC(O)(C3)C1)C2)c1ccc2sccc2c1OCC1CCC(F)(F)CC1. The number of hydrogen-bond acceptors (Lipinski definition) is 5. The zero-order valence-electron chi connectivity index (χ0n) is 20.7. The summed E-state index contributed by atoms with van der Waals surface area (Å²) >= 11 is 1.51. The molecular formula is C28H33F2NO5S. The van der Waals surface area contributed by atoms with E-state index in [0.717, 1.165) is 16.5 Å². The van der Waals surface area contributed by atoms with Crippen LogP contribution in [0.5, 0.6) is 5.75 Å². The lowest BCUT2D eigenvalue weighted by atomic mass is 9.46. The number of carboxylic acid groups (broad SMARTS) is 1. The predicted molar refractivity (Wildman–Crippen MR) is 135 cm³/mol. The molecule has 1 amide bonds. The Morgan fingerprint density at radius 3 is 2.46 bits per heavy atom. The minimum Gasteiger partial charge on any atom is -0.492 e. The molecule has 3 N–H and O–H groups in total. The van der Waals surface area contributed by atoms with Crippen LogP contribution >= 0.6 is 11.3 Å². The van der Waals surface area contributed by atoms with Gasteiger partial charge in [0.25, 0.3) is 5.91 Å². The molecule has 37 heavy (non-hydrogen) atoms. The smallest absolute Gasteiger partial charge is 0.326 e. The van der Waals surface area contributed by atoms with Crippen molar-refractivity contribution in [2.75, 3.05) is 6.61 Å². The number of nitrogens with one attached hydrogen (secondary N) is 1. The first-order chi connectivity index (χ1) is 17.5. The van der Waals surface area contributed by atoms with Crippen LogP contribution in [-0.4, -0.2) is 46.3 Å². The third kappa shape index (κ3) is 4.62. The maximum Gasteiger partial charge on any atom is 0.326 e. The highest BCUT2D eigenvalue weighted by molar-refractivity contribution is 7.17. The highest BCUT2D eigenvalue weighted by Gasteiger charge is 2.61. The van der Waals surface area contributed by atoms with E-state index in [1.54, 1.807) is 6.07 Å². The minimum atomic E-state index is -2.62. The van der Waals surface area contributed by atoms with Crippen molar-refractivity contribution in [2.45, 2.75) is 81.8 Å². The second-order valence-corrected chi connectivity index (χ2v) is 13.1. The van der Waals surface area contributed by atoms with Gasteiger partial charge in [-0.25, -0.2) is 13.6 Å². The summed E-state index contributed by atoms with van der Waals surface area (Å²) < 4.78 is 34.3. The van der Waals surface area contributed by atoms with Gasteiger partial charge in [-0.05, 0) is 92.7 Å². The van der Waals surface area contributed by atoms with Gasteiger partial charge in [0.15, 0.2) is 0 Å². The lowest BCUT2D eigenvalue weighted by Gasteiger charge is -2.61. The number of amides is 1. The Kier molecular flexibility index (Phi) is 6.02. The highest BCUT2D eigenvalue weighted by atomic mass is 32.1. The first-order valence-corrected chi connectivity index (χ1v) is 14.2. The molecule has 9 heteroatoms. The molecule has 3 unspecified atom stereocenters. The fourth-order valence-electron chi connectivity index (χ4n) is 8.13. The third-order valence-electron chi connectivity index (χ3n) is 9.34. The van der Waals surface area contributed by atoms with E-state index in [0.29, 0.717) is 50.7 Å². The van der Waals surface area contributed by atoms with Crippen LogP contribution < -0.4 is 10.1 Å². The third-order valence-corrected chi connectivity index (χ3v) is 10.2. The van der Waals surface area contributed by atoms with Crippen LogP contribution in [0.1, 0.15) is 74.6 Å². The van der Waals surface area contributed by atoms with Gasteiger partial charge in [0.2, 0.25) is 5.92 Å². The second kappa shape index (κ2) is 8.90. The summed E-state index contributed by atoms with van der Waals surface area (Å²) in [6, 6.07) is 4.24. The van der Waals surface area contributed by atoms with E-state index in [1.165, 1.54) is 11.3 Å². The Morgan fingerprint density at radius 1 is 1.11 bits per heavy atom. The summed E-state index contributed by atoms with van der Waals surface area (Å²) in [5.41, 5.74) is -1.26. The molecule has 0 spiro atoms. The molecule has 0 saturated heterocycles. The van der Waals surface area contributed by atoms with Gasteiger partial charge in [0.05, 0.1) is 17.8 Å². The number of benzene rings is 1. The molecule has 2 aromatic rings. The summed E-state index contributed by atoms with van der Waals surface area (Å²) in [5.74, 6) is -3.30. The Bertz CT molecular complexity index is 1200. The average Bonchev–Trinajstić information content (AvgIpc) is 3.29. The Morgan fingerprint density at radius 2 is 1.81 bits per heavy atom. The summed E-state index contributed by atoms with van der Waals surface area (Å²) in [4.78, 5) is 26.2. The number of carboxylic acids is 1. The molecule has 3 atom stereocenters. The monoisotopic (exact) mass is 533 g/mol. The molecule has 5 aliphatic carbocycles. The fraction of sp³-hybridized carbons (Fsp3) is 0.643. The number of fused-ring (bicyclic) bond motifs is 1. The molecule has 0 radical (unpaired) electrons. The average molecular weight is 534 g/mol. The quantitative estimate of drug-likeness (QED) is 0.429. The summed E-state index contributed by atoms with van der Waals surface area (Å²) in [6.07, 6.45) is 4.64. The largest absolute Gasteiger partial charge is 0.492 e. The molecule has 5 aliphatic rings. The molecule has 1 aromatic carbocycles. The van der Waals surface area contributed by atoms with Crippen molar-refractivity contribution in [3.8, 4) is 5.75 Å². The van der Waals surface area contributed by atoms with Crippen LogP contribution in [0, 0.1) is 23.2 Å². The van der Waals surface area contributed by atoms with E-state index >= 15 is 0 Å². The topological polar surface area (TPSA) is 95.9 Å². The molecule has 4 bridgehead atoms. The van der Waals surface area contributed by atoms with Gasteiger partial charge in [0, 0.05) is 28.3 Å². The lowest BCUT2D eigenvalue weighted by Crippen LogP contribution is -2.64. The first-order valence-electron chi connectivity index (χ1n) is 13.3. The highest BCUT2D eigenvalue weighted by Crippen LogP contribution is 2.62. The number of rotatable bonds is 7. The number of carbonyl (C=O) groups excluding carboxylic acids is 1. The number of hydrogen-bond donors (Lipinski definition) is 3. The van der Waals surface area contributed by atoms with Crippen LogP contribution in [0.4, 0.5) is 8.78 Å². The van der Waals surface area contributed by atoms with E-state index in [4.69, 9.17) is 4.74 Å². The van der Waals surface area contributed by atoms with Gasteiger partial charge in [0.1, 0.15) is 11.8 Å². The van der Waals surface area contributed by atoms with E-state index in [9.17, 15) is 28.6 Å². The van der Waals surface area contributed by atoms with Gasteiger partial charge in [-0.1, -0.05) is 0 Å². The lowest BCUT2D eigenvalue weighted by molar-refractivity contribution is -0.181. The minimum absolute atomic E-state index is 0.0241. The summed E-state index contributed by atoms with van der Waals surface area (Å²) in [5, 5.41) is 26.9. The van der Waals surface area contributed by atoms with Gasteiger partial charge in [-0.2, -0.15) is 0 Å². The number of aliphatic carboxylic acids is 1. The van der Waals surface area contributed by atoms with E-state index in [2.05, 4.69) is 5.32 Å². The molecule has 6 nitrogen and oxygen atoms in total. The first kappa shape index (κ1) is 25.0. The van der Waals surface area contributed by atoms with Crippen LogP contribution in [0.3, 0.4) is 0 Å². The van der Waals surface area contributed by atoms with Crippen molar-refractivity contribution in [3.63, 3.8) is 0 Å². The van der Waals surface area contributed by atoms with Gasteiger partial charge in [-0.15, -0.1) is 11.3 Å². The molecule has 0 aliphatic heterocycles. The van der Waals surface area contributed by atoms with Crippen LogP contribution in [0.15, 0.2) is 23.6 Å². The van der Waals surface area contributed by atoms with E-state index in [-0.39, 0.29) is 42.8 Å². The van der Waals surface area contributed by atoms with Crippen molar-refractivity contribution in [1.82, 2.24) is 5.32 Å². The zero-order valence-corrected chi connectivity index (χ0v) is 21.5. The number of carbonyl (C=O) groups is 2. The van der Waals surface area contributed by atoms with Gasteiger partial charge < -0.3 is 20.3 Å². The van der Waals surface area contributed by atoms with Gasteiger partial charge >= 0.3 is 5.97 Å². The molecule has 5 saturated carbocycles. The molecule has 5 fully saturated rings. The predicted octanol–water partition coefficient (Wildman–Crippen LogP) is 5.62. The second-order valence-electron chi connectivity index (χ2n) is 12.2. The molecule has 200 valence electrons.